The van der Waals surface area contributed by atoms with Crippen LogP contribution in [-0.4, -0.2) is 90.5 Å². The van der Waals surface area contributed by atoms with Gasteiger partial charge in [-0.3, -0.25) is 9.48 Å². The van der Waals surface area contributed by atoms with Crippen LogP contribution in [0.4, 0.5) is 18.9 Å². The van der Waals surface area contributed by atoms with E-state index in [1.807, 2.05) is 6.07 Å². The fraction of sp³-hybridized carbons (Fsp3) is 0.517. The third-order valence-corrected chi connectivity index (χ3v) is 7.48. The summed E-state index contributed by atoms with van der Waals surface area (Å²) in [4.78, 5) is 14.8. The van der Waals surface area contributed by atoms with Crippen molar-refractivity contribution >= 4 is 22.5 Å². The normalized spacial score (nSPS) is 21.9. The highest BCUT2D eigenvalue weighted by Crippen LogP contribution is 2.32. The minimum absolute atomic E-state index is 0.0248. The zero-order chi connectivity index (χ0) is 28.8. The smallest absolute Gasteiger partial charge is 0.381 e. The fourth-order valence-electron chi connectivity index (χ4n) is 5.44. The number of hydrogen-bond acceptors (Lipinski definition) is 6. The van der Waals surface area contributed by atoms with Crippen LogP contribution in [0.3, 0.4) is 0 Å². The average molecular weight is 573 g/mol. The largest absolute Gasteiger partial charge is 0.406 e. The number of piperidine rings is 1. The van der Waals surface area contributed by atoms with Crippen molar-refractivity contribution in [1.82, 2.24) is 24.6 Å². The van der Waals surface area contributed by atoms with Crippen molar-refractivity contribution in [2.45, 2.75) is 38.1 Å². The molecule has 9 nitrogen and oxygen atoms in total. The molecular weight excluding hydrogens is 537 g/mol. The number of alkyl halides is 3. The van der Waals surface area contributed by atoms with Gasteiger partial charge in [0.05, 0.1) is 55.9 Å². The number of nitrogens with one attached hydrogen (secondary N) is 2. The summed E-state index contributed by atoms with van der Waals surface area (Å²) in [5.41, 5.74) is 1.84. The molecule has 2 aliphatic rings. The fourth-order valence-corrected chi connectivity index (χ4v) is 5.44. The van der Waals surface area contributed by atoms with Gasteiger partial charge in [0.2, 0.25) is 0 Å². The van der Waals surface area contributed by atoms with E-state index in [4.69, 9.17) is 9.47 Å². The van der Waals surface area contributed by atoms with Gasteiger partial charge in [0.1, 0.15) is 6.54 Å². The van der Waals surface area contributed by atoms with Crippen molar-refractivity contribution in [1.29, 1.82) is 0 Å². The molecule has 12 heteroatoms. The Kier molecular flexibility index (Phi) is 9.17. The highest BCUT2D eigenvalue weighted by atomic mass is 19.4. The number of likely N-dealkylation sites (tertiary alicyclic amines) is 1. The maximum atomic E-state index is 13.6. The molecule has 1 fully saturated rings. The van der Waals surface area contributed by atoms with Crippen LogP contribution in [-0.2, 0) is 22.6 Å². The van der Waals surface area contributed by atoms with Crippen molar-refractivity contribution in [2.24, 2.45) is 5.92 Å². The molecular formula is C29H35F3N6O3. The van der Waals surface area contributed by atoms with Crippen molar-refractivity contribution in [2.75, 3.05) is 58.4 Å². The standard InChI is InChI=1S/C29H35F3N6O3/c1-36-10-7-25-21(18-36)8-12-40-14-15-41-13-11-37-19-22(17-34-37)28(39)33-9-3-4-23-16-24-26(35-25)5-2-6-27(24)38(23)20-29(30,31)32/h2,5-6,16-17,19,21,25,35H,7-15,18,20H2,1H3,(H,33,39)/t21-,25+/m0/s1. The Balaban J connectivity index is 1.44. The molecule has 0 unspecified atom stereocenters. The highest BCUT2D eigenvalue weighted by Gasteiger charge is 2.31. The third kappa shape index (κ3) is 7.61. The molecule has 4 bridgehead atoms. The summed E-state index contributed by atoms with van der Waals surface area (Å²) >= 11 is 0. The first-order valence-electron chi connectivity index (χ1n) is 13.9. The van der Waals surface area contributed by atoms with Crippen LogP contribution >= 0.6 is 0 Å². The van der Waals surface area contributed by atoms with E-state index in [2.05, 4.69) is 39.5 Å². The maximum Gasteiger partial charge on any atom is 0.406 e. The summed E-state index contributed by atoms with van der Waals surface area (Å²) in [7, 11) is 2.10. The molecule has 1 saturated heterocycles. The number of hydrogen-bond donors (Lipinski definition) is 2. The van der Waals surface area contributed by atoms with Crippen LogP contribution in [0.5, 0.6) is 0 Å². The Hall–Kier alpha value is -3.53. The molecule has 3 aromatic rings. The first-order valence-corrected chi connectivity index (χ1v) is 13.9. The molecule has 2 aromatic heterocycles. The summed E-state index contributed by atoms with van der Waals surface area (Å²) < 4.78 is 55.2. The molecule has 0 spiro atoms. The number of anilines is 1. The van der Waals surface area contributed by atoms with Crippen molar-refractivity contribution in [3.63, 3.8) is 0 Å². The number of rotatable bonds is 1. The van der Waals surface area contributed by atoms with Gasteiger partial charge in [0, 0.05) is 36.5 Å². The Morgan fingerprint density at radius 1 is 1.12 bits per heavy atom. The minimum atomic E-state index is -4.42. The lowest BCUT2D eigenvalue weighted by molar-refractivity contribution is -0.140. The number of halogens is 3. The van der Waals surface area contributed by atoms with Crippen LogP contribution in [0, 0.1) is 17.8 Å². The predicted octanol–water partition coefficient (Wildman–Crippen LogP) is 3.35. The second kappa shape index (κ2) is 13.0. The highest BCUT2D eigenvalue weighted by molar-refractivity contribution is 5.94. The molecule has 220 valence electrons. The molecule has 1 amide bonds. The first-order chi connectivity index (χ1) is 19.8. The summed E-state index contributed by atoms with van der Waals surface area (Å²) in [6.07, 6.45) is 0.403. The van der Waals surface area contributed by atoms with Gasteiger partial charge in [-0.2, -0.15) is 18.3 Å². The number of aromatic nitrogens is 3. The Bertz CT molecular complexity index is 1410. The number of benzene rings is 1. The van der Waals surface area contributed by atoms with Crippen LogP contribution < -0.4 is 10.6 Å². The number of nitrogens with zero attached hydrogens (tertiary/aromatic N) is 4. The topological polar surface area (TPSA) is 85.6 Å². The molecule has 2 aliphatic heterocycles. The molecule has 0 aliphatic carbocycles. The van der Waals surface area contributed by atoms with Crippen LogP contribution in [0.15, 0.2) is 36.7 Å². The van der Waals surface area contributed by atoms with Gasteiger partial charge in [-0.05, 0) is 56.5 Å². The van der Waals surface area contributed by atoms with Gasteiger partial charge in [-0.15, -0.1) is 0 Å². The van der Waals surface area contributed by atoms with E-state index in [0.29, 0.717) is 55.4 Å². The molecule has 41 heavy (non-hydrogen) atoms. The molecule has 2 atom stereocenters. The summed E-state index contributed by atoms with van der Waals surface area (Å²) in [5, 5.41) is 11.2. The van der Waals surface area contributed by atoms with E-state index in [1.165, 1.54) is 10.8 Å². The quantitative estimate of drug-likeness (QED) is 0.436. The van der Waals surface area contributed by atoms with E-state index in [9.17, 15) is 18.0 Å². The molecule has 0 radical (unpaired) electrons. The Morgan fingerprint density at radius 2 is 1.95 bits per heavy atom. The van der Waals surface area contributed by atoms with Gasteiger partial charge in [-0.1, -0.05) is 12.0 Å². The number of carbonyl (C=O) groups excluding carboxylic acids is 1. The average Bonchev–Trinajstić information content (AvgIpc) is 3.54. The first kappa shape index (κ1) is 29.0. The van der Waals surface area contributed by atoms with Crippen LogP contribution in [0.1, 0.15) is 28.9 Å². The lowest BCUT2D eigenvalue weighted by atomic mass is 9.89. The molecule has 0 saturated carbocycles. The van der Waals surface area contributed by atoms with Gasteiger partial charge in [-0.25, -0.2) is 0 Å². The second-order valence-corrected chi connectivity index (χ2v) is 10.5. The molecule has 5 rings (SSSR count). The minimum Gasteiger partial charge on any atom is -0.381 e. The maximum absolute atomic E-state index is 13.6. The third-order valence-electron chi connectivity index (χ3n) is 7.48. The van der Waals surface area contributed by atoms with Gasteiger partial charge < -0.3 is 29.6 Å². The number of ether oxygens (including phenoxy) is 2. The van der Waals surface area contributed by atoms with Gasteiger partial charge >= 0.3 is 6.18 Å². The van der Waals surface area contributed by atoms with Gasteiger partial charge in [0.15, 0.2) is 0 Å². The predicted molar refractivity (Wildman–Crippen MR) is 149 cm³/mol. The lowest BCUT2D eigenvalue weighted by Gasteiger charge is -2.38. The van der Waals surface area contributed by atoms with E-state index in [-0.39, 0.29) is 24.2 Å². The number of amides is 1. The van der Waals surface area contributed by atoms with Crippen molar-refractivity contribution in [3.05, 3.63) is 47.9 Å². The second-order valence-electron chi connectivity index (χ2n) is 10.5. The molecule has 1 aromatic carbocycles. The number of fused-ring (bicyclic) bond motifs is 4. The van der Waals surface area contributed by atoms with Crippen LogP contribution in [0.2, 0.25) is 0 Å². The summed E-state index contributed by atoms with van der Waals surface area (Å²) in [5.74, 6) is 5.61. The summed E-state index contributed by atoms with van der Waals surface area (Å²) in [6.45, 7) is 3.08. The van der Waals surface area contributed by atoms with Crippen LogP contribution in [0.25, 0.3) is 10.9 Å². The monoisotopic (exact) mass is 572 g/mol. The van der Waals surface area contributed by atoms with Gasteiger partial charge in [0.25, 0.3) is 5.91 Å². The zero-order valence-electron chi connectivity index (χ0n) is 23.0. The van der Waals surface area contributed by atoms with Crippen molar-refractivity contribution < 1.29 is 27.4 Å². The van der Waals surface area contributed by atoms with Crippen molar-refractivity contribution in [3.8, 4) is 11.8 Å². The number of carbonyl (C=O) groups is 1. The van der Waals surface area contributed by atoms with E-state index < -0.39 is 12.7 Å². The van der Waals surface area contributed by atoms with E-state index >= 15 is 0 Å². The van der Waals surface area contributed by atoms with E-state index in [0.717, 1.165) is 31.6 Å². The van der Waals surface area contributed by atoms with E-state index in [1.54, 1.807) is 29.1 Å². The summed E-state index contributed by atoms with van der Waals surface area (Å²) in [6, 6.07) is 7.20. The Morgan fingerprint density at radius 3 is 2.78 bits per heavy atom. The zero-order valence-corrected chi connectivity index (χ0v) is 23.0. The molecule has 2 N–H and O–H groups in total. The lowest BCUT2D eigenvalue weighted by Crippen LogP contribution is -2.45. The Labute approximate surface area is 236 Å². The molecule has 4 heterocycles. The SMILES string of the molecule is CN1CC[C@H]2Nc3cccc4c3cc(n4CC(F)(F)F)C#CCNC(=O)c3cnn(c3)CCOCCOCC[C@H]2C1.